The van der Waals surface area contributed by atoms with Gasteiger partial charge in [0.15, 0.2) is 12.4 Å². The van der Waals surface area contributed by atoms with E-state index in [9.17, 15) is 25.0 Å². The fourth-order valence-electron chi connectivity index (χ4n) is 2.87. The van der Waals surface area contributed by atoms with Gasteiger partial charge in [-0.2, -0.15) is 0 Å². The van der Waals surface area contributed by atoms with E-state index in [4.69, 9.17) is 4.74 Å². The first-order chi connectivity index (χ1) is 11.5. The van der Waals surface area contributed by atoms with Crippen molar-refractivity contribution in [3.63, 3.8) is 0 Å². The van der Waals surface area contributed by atoms with E-state index in [-0.39, 0.29) is 0 Å². The Kier molecular flexibility index (Phi) is 11.2. The maximum absolute atomic E-state index is 12.0. The normalized spacial score (nSPS) is 28.2. The standard InChI is InChI=1S/C17H33O6P/c1-2-3-4-5-6-7-8-9-10-11-12-24(22)17(21)15-13(18)14(19)16(20)23-15/h13-16,18-20,22H,2-12H2,1H3/t13-,14-,15-,16+,24?/m0/s1. The lowest BCUT2D eigenvalue weighted by molar-refractivity contribution is -0.143. The monoisotopic (exact) mass is 364 g/mol. The third-order valence-electron chi connectivity index (χ3n) is 4.46. The fourth-order valence-corrected chi connectivity index (χ4v) is 4.12. The molecule has 0 amide bonds. The Morgan fingerprint density at radius 3 is 1.83 bits per heavy atom. The van der Waals surface area contributed by atoms with Crippen molar-refractivity contribution in [1.82, 2.24) is 0 Å². The van der Waals surface area contributed by atoms with Crippen LogP contribution in [0.2, 0.25) is 0 Å². The van der Waals surface area contributed by atoms with Crippen LogP contribution in [0.5, 0.6) is 0 Å². The Labute approximate surface area is 146 Å². The van der Waals surface area contributed by atoms with Crippen molar-refractivity contribution in [3.8, 4) is 0 Å². The lowest BCUT2D eigenvalue weighted by Crippen LogP contribution is -2.35. The number of carbonyl (C=O) groups excluding carboxylic acids is 1. The molecule has 0 aromatic heterocycles. The van der Waals surface area contributed by atoms with Crippen molar-refractivity contribution in [3.05, 3.63) is 0 Å². The number of rotatable bonds is 13. The predicted octanol–water partition coefficient (Wildman–Crippen LogP) is 2.26. The van der Waals surface area contributed by atoms with Crippen LogP contribution in [0.25, 0.3) is 0 Å². The van der Waals surface area contributed by atoms with Crippen LogP contribution in [-0.4, -0.2) is 56.5 Å². The topological polar surface area (TPSA) is 107 Å². The van der Waals surface area contributed by atoms with Gasteiger partial charge in [0, 0.05) is 0 Å². The molecule has 1 fully saturated rings. The molecule has 1 heterocycles. The summed E-state index contributed by atoms with van der Waals surface area (Å²) < 4.78 is 4.83. The van der Waals surface area contributed by atoms with Gasteiger partial charge >= 0.3 is 0 Å². The zero-order valence-electron chi connectivity index (χ0n) is 14.6. The van der Waals surface area contributed by atoms with Crippen LogP contribution in [0.4, 0.5) is 0 Å². The second-order valence-electron chi connectivity index (χ2n) is 6.57. The first-order valence-corrected chi connectivity index (χ1v) is 10.7. The molecular formula is C17H33O6P. The summed E-state index contributed by atoms with van der Waals surface area (Å²) in [4.78, 5) is 22.0. The van der Waals surface area contributed by atoms with Crippen LogP contribution in [0, 0.1) is 0 Å². The number of unbranched alkanes of at least 4 members (excludes halogenated alkanes) is 9. The zero-order valence-corrected chi connectivity index (χ0v) is 15.5. The van der Waals surface area contributed by atoms with E-state index >= 15 is 0 Å². The number of aliphatic hydroxyl groups excluding tert-OH is 3. The Balaban J connectivity index is 2.05. The summed E-state index contributed by atoms with van der Waals surface area (Å²) in [5.74, 6) is 0. The summed E-state index contributed by atoms with van der Waals surface area (Å²) in [6, 6.07) is 0. The van der Waals surface area contributed by atoms with Gasteiger partial charge in [-0.05, 0) is 12.6 Å². The van der Waals surface area contributed by atoms with E-state index in [1.54, 1.807) is 0 Å². The maximum atomic E-state index is 12.0. The van der Waals surface area contributed by atoms with Gasteiger partial charge in [0.05, 0.1) is 8.15 Å². The summed E-state index contributed by atoms with van der Waals surface area (Å²) in [5.41, 5.74) is -0.607. The number of ether oxygens (including phenoxy) is 1. The highest BCUT2D eigenvalue weighted by molar-refractivity contribution is 7.69. The third kappa shape index (κ3) is 7.42. The minimum atomic E-state index is -1.90. The lowest BCUT2D eigenvalue weighted by atomic mass is 10.1. The van der Waals surface area contributed by atoms with Crippen molar-refractivity contribution in [2.24, 2.45) is 0 Å². The number of carbonyl (C=O) groups is 1. The molecule has 7 heteroatoms. The molecule has 1 unspecified atom stereocenters. The fraction of sp³-hybridized carbons (Fsp3) is 0.941. The molecule has 142 valence electrons. The molecule has 0 aromatic rings. The Morgan fingerprint density at radius 1 is 0.875 bits per heavy atom. The molecule has 0 saturated carbocycles. The highest BCUT2D eigenvalue weighted by atomic mass is 31.1. The summed E-state index contributed by atoms with van der Waals surface area (Å²) in [7, 11) is -1.90. The zero-order chi connectivity index (χ0) is 17.9. The first-order valence-electron chi connectivity index (χ1n) is 9.19. The molecule has 1 saturated heterocycles. The smallest absolute Gasteiger partial charge is 0.212 e. The van der Waals surface area contributed by atoms with E-state index in [0.717, 1.165) is 19.3 Å². The second-order valence-corrected chi connectivity index (χ2v) is 8.26. The first kappa shape index (κ1) is 21.9. The second kappa shape index (κ2) is 12.3. The molecule has 0 radical (unpaired) electrons. The maximum Gasteiger partial charge on any atom is 0.212 e. The summed E-state index contributed by atoms with van der Waals surface area (Å²) >= 11 is 0. The summed E-state index contributed by atoms with van der Waals surface area (Å²) in [6.45, 7) is 2.21. The molecule has 0 bridgehead atoms. The van der Waals surface area contributed by atoms with Gasteiger partial charge in [0.25, 0.3) is 0 Å². The van der Waals surface area contributed by atoms with E-state index in [0.29, 0.717) is 6.16 Å². The van der Waals surface area contributed by atoms with Crippen molar-refractivity contribution in [1.29, 1.82) is 0 Å². The highest BCUT2D eigenvalue weighted by Gasteiger charge is 2.47. The van der Waals surface area contributed by atoms with E-state index in [1.807, 2.05) is 0 Å². The molecule has 24 heavy (non-hydrogen) atoms. The molecule has 1 rings (SSSR count). The Hall–Kier alpha value is -0.100. The molecule has 1 aliphatic rings. The van der Waals surface area contributed by atoms with Crippen LogP contribution in [0.1, 0.15) is 71.1 Å². The predicted molar refractivity (Wildman–Crippen MR) is 93.8 cm³/mol. The van der Waals surface area contributed by atoms with Crippen molar-refractivity contribution in [2.45, 2.75) is 95.7 Å². The molecule has 4 N–H and O–H groups in total. The minimum absolute atomic E-state index is 0.378. The SMILES string of the molecule is CCCCCCCCCCCCP(O)C(=O)[C@H]1O[C@@H](O)[C@@H](O)[C@@H]1O. The number of aliphatic hydroxyl groups is 3. The average molecular weight is 364 g/mol. The van der Waals surface area contributed by atoms with Crippen molar-refractivity contribution in [2.75, 3.05) is 6.16 Å². The van der Waals surface area contributed by atoms with Crippen LogP contribution < -0.4 is 0 Å². The Bertz CT molecular complexity index is 354. The molecule has 0 aromatic carbocycles. The van der Waals surface area contributed by atoms with E-state index in [1.165, 1.54) is 44.9 Å². The van der Waals surface area contributed by atoms with Gasteiger partial charge in [-0.25, -0.2) is 0 Å². The quantitative estimate of drug-likeness (QED) is 0.295. The van der Waals surface area contributed by atoms with Gasteiger partial charge < -0.3 is 24.9 Å². The van der Waals surface area contributed by atoms with Gasteiger partial charge in [0.1, 0.15) is 12.2 Å². The van der Waals surface area contributed by atoms with Crippen molar-refractivity contribution >= 4 is 13.7 Å². The number of hydrogen-bond acceptors (Lipinski definition) is 6. The molecule has 5 atom stereocenters. The molecule has 0 spiro atoms. The van der Waals surface area contributed by atoms with Crippen LogP contribution >= 0.6 is 8.15 Å². The van der Waals surface area contributed by atoms with E-state index in [2.05, 4.69) is 6.92 Å². The van der Waals surface area contributed by atoms with Crippen LogP contribution in [-0.2, 0) is 9.53 Å². The van der Waals surface area contributed by atoms with Crippen LogP contribution in [0.15, 0.2) is 0 Å². The highest BCUT2D eigenvalue weighted by Crippen LogP contribution is 2.38. The van der Waals surface area contributed by atoms with Gasteiger partial charge in [0.2, 0.25) is 5.52 Å². The van der Waals surface area contributed by atoms with E-state index < -0.39 is 38.3 Å². The minimum Gasteiger partial charge on any atom is -0.387 e. The largest absolute Gasteiger partial charge is 0.387 e. The number of hydrogen-bond donors (Lipinski definition) is 4. The summed E-state index contributed by atoms with van der Waals surface area (Å²) in [6.07, 6.45) is 6.28. The molecule has 1 aliphatic heterocycles. The Morgan fingerprint density at radius 2 is 1.38 bits per heavy atom. The van der Waals surface area contributed by atoms with Crippen LogP contribution in [0.3, 0.4) is 0 Å². The van der Waals surface area contributed by atoms with Gasteiger partial charge in [-0.3, -0.25) is 4.79 Å². The molecule has 0 aliphatic carbocycles. The molecule has 6 nitrogen and oxygen atoms in total. The van der Waals surface area contributed by atoms with Gasteiger partial charge in [-0.15, -0.1) is 0 Å². The summed E-state index contributed by atoms with van der Waals surface area (Å²) in [5, 5.41) is 28.3. The van der Waals surface area contributed by atoms with Gasteiger partial charge in [-0.1, -0.05) is 64.7 Å². The lowest BCUT2D eigenvalue weighted by Gasteiger charge is -2.16. The molecular weight excluding hydrogens is 331 g/mol. The van der Waals surface area contributed by atoms with Crippen molar-refractivity contribution < 1.29 is 29.7 Å². The average Bonchev–Trinajstić information content (AvgIpc) is 2.83. The third-order valence-corrected chi connectivity index (χ3v) is 5.96.